The highest BCUT2D eigenvalue weighted by molar-refractivity contribution is 5.84. The lowest BCUT2D eigenvalue weighted by atomic mass is 9.68. The third-order valence-electron chi connectivity index (χ3n) is 3.36. The number of carbonyl (C=O) groups is 1. The molecule has 0 heterocycles. The van der Waals surface area contributed by atoms with Gasteiger partial charge in [0.05, 0.1) is 18.1 Å². The molecule has 0 bridgehead atoms. The zero-order valence-corrected chi connectivity index (χ0v) is 9.87. The first kappa shape index (κ1) is 13.4. The summed E-state index contributed by atoms with van der Waals surface area (Å²) in [7, 11) is 1.58. The molecular weight excluding hydrogens is 208 g/mol. The molecule has 1 saturated carbocycles. The Bertz CT molecular complexity index is 218. The van der Waals surface area contributed by atoms with Gasteiger partial charge in [0.15, 0.2) is 0 Å². The lowest BCUT2D eigenvalue weighted by molar-refractivity contribution is -0.136. The molecule has 1 atom stereocenters. The van der Waals surface area contributed by atoms with Gasteiger partial charge in [0.1, 0.15) is 0 Å². The Hall–Kier alpha value is -0.650. The summed E-state index contributed by atoms with van der Waals surface area (Å²) in [5.74, 6) is 0.0109. The van der Waals surface area contributed by atoms with Crippen LogP contribution in [0.2, 0.25) is 0 Å². The number of nitrogens with one attached hydrogen (secondary N) is 1. The number of hydrogen-bond acceptors (Lipinski definition) is 4. The van der Waals surface area contributed by atoms with Crippen LogP contribution in [0, 0.1) is 5.41 Å². The summed E-state index contributed by atoms with van der Waals surface area (Å²) < 4.78 is 5.00. The first-order valence-corrected chi connectivity index (χ1v) is 5.79. The molecule has 94 valence electrons. The van der Waals surface area contributed by atoms with Crippen LogP contribution in [0.15, 0.2) is 0 Å². The van der Waals surface area contributed by atoms with E-state index in [1.165, 1.54) is 0 Å². The highest BCUT2D eigenvalue weighted by atomic mass is 16.5. The Morgan fingerprint density at radius 1 is 1.62 bits per heavy atom. The maximum atomic E-state index is 12.0. The lowest BCUT2D eigenvalue weighted by Gasteiger charge is -2.40. The molecule has 0 aromatic rings. The zero-order chi connectivity index (χ0) is 12.0. The number of methoxy groups -OCH3 is 1. The van der Waals surface area contributed by atoms with E-state index in [2.05, 4.69) is 5.32 Å². The van der Waals surface area contributed by atoms with Crippen molar-refractivity contribution in [2.75, 3.05) is 26.9 Å². The van der Waals surface area contributed by atoms with Gasteiger partial charge in [-0.2, -0.15) is 0 Å². The molecule has 4 N–H and O–H groups in total. The second-order valence-corrected chi connectivity index (χ2v) is 4.48. The van der Waals surface area contributed by atoms with Gasteiger partial charge >= 0.3 is 0 Å². The average molecular weight is 230 g/mol. The molecule has 1 rings (SSSR count). The minimum absolute atomic E-state index is 0.0109. The Morgan fingerprint density at radius 3 is 2.69 bits per heavy atom. The van der Waals surface area contributed by atoms with E-state index in [-0.39, 0.29) is 24.0 Å². The predicted octanol–water partition coefficient (Wildman–Crippen LogP) is -0.371. The van der Waals surface area contributed by atoms with Crippen LogP contribution >= 0.6 is 0 Å². The fraction of sp³-hybridized carbons (Fsp3) is 0.909. The van der Waals surface area contributed by atoms with Gasteiger partial charge in [-0.05, 0) is 19.3 Å². The summed E-state index contributed by atoms with van der Waals surface area (Å²) in [4.78, 5) is 12.0. The number of nitrogens with two attached hydrogens (primary N) is 1. The van der Waals surface area contributed by atoms with Crippen LogP contribution in [0.5, 0.6) is 0 Å². The van der Waals surface area contributed by atoms with Gasteiger partial charge in [0.2, 0.25) is 5.91 Å². The molecule has 0 spiro atoms. The molecular formula is C11H22N2O3. The zero-order valence-electron chi connectivity index (χ0n) is 9.87. The van der Waals surface area contributed by atoms with E-state index < -0.39 is 0 Å². The van der Waals surface area contributed by atoms with E-state index >= 15 is 0 Å². The summed E-state index contributed by atoms with van der Waals surface area (Å²) in [6.45, 7) is 0.870. The maximum Gasteiger partial charge on any atom is 0.227 e. The SMILES string of the molecule is COCC(CCO)NC(=O)C1(CN)CCC1. The minimum Gasteiger partial charge on any atom is -0.396 e. The topological polar surface area (TPSA) is 84.6 Å². The average Bonchev–Trinajstić information content (AvgIpc) is 2.17. The van der Waals surface area contributed by atoms with Crippen molar-refractivity contribution in [3.8, 4) is 0 Å². The number of rotatable bonds is 7. The summed E-state index contributed by atoms with van der Waals surface area (Å²) in [5, 5.41) is 11.8. The maximum absolute atomic E-state index is 12.0. The van der Waals surface area contributed by atoms with Gasteiger partial charge in [-0.1, -0.05) is 6.42 Å². The summed E-state index contributed by atoms with van der Waals surface area (Å²) in [6, 6.07) is -0.119. The fourth-order valence-electron chi connectivity index (χ4n) is 2.02. The van der Waals surface area contributed by atoms with E-state index in [4.69, 9.17) is 15.6 Å². The first-order valence-electron chi connectivity index (χ1n) is 5.79. The van der Waals surface area contributed by atoms with Crippen molar-refractivity contribution < 1.29 is 14.6 Å². The molecule has 0 saturated heterocycles. The molecule has 1 aliphatic rings. The second kappa shape index (κ2) is 6.18. The fourth-order valence-corrected chi connectivity index (χ4v) is 2.02. The Kier molecular flexibility index (Phi) is 5.18. The molecule has 0 aromatic heterocycles. The van der Waals surface area contributed by atoms with E-state index in [0.717, 1.165) is 19.3 Å². The van der Waals surface area contributed by atoms with E-state index in [9.17, 15) is 4.79 Å². The van der Waals surface area contributed by atoms with Crippen molar-refractivity contribution in [3.63, 3.8) is 0 Å². The third kappa shape index (κ3) is 2.93. The summed E-state index contributed by atoms with van der Waals surface area (Å²) in [5.41, 5.74) is 5.29. The monoisotopic (exact) mass is 230 g/mol. The number of carbonyl (C=O) groups excluding carboxylic acids is 1. The smallest absolute Gasteiger partial charge is 0.227 e. The Balaban J connectivity index is 2.46. The number of ether oxygens (including phenoxy) is 1. The van der Waals surface area contributed by atoms with Gasteiger partial charge in [0, 0.05) is 20.3 Å². The van der Waals surface area contributed by atoms with Crippen molar-refractivity contribution in [1.82, 2.24) is 5.32 Å². The quantitative estimate of drug-likeness (QED) is 0.557. The van der Waals surface area contributed by atoms with Crippen LogP contribution in [0.4, 0.5) is 0 Å². The van der Waals surface area contributed by atoms with E-state index in [1.54, 1.807) is 7.11 Å². The van der Waals surface area contributed by atoms with Crippen LogP contribution in [0.3, 0.4) is 0 Å². The molecule has 1 amide bonds. The predicted molar refractivity (Wildman–Crippen MR) is 60.8 cm³/mol. The van der Waals surface area contributed by atoms with Gasteiger partial charge in [-0.25, -0.2) is 0 Å². The van der Waals surface area contributed by atoms with Crippen molar-refractivity contribution in [2.45, 2.75) is 31.7 Å². The molecule has 5 nitrogen and oxygen atoms in total. The number of hydrogen-bond donors (Lipinski definition) is 3. The number of aliphatic hydroxyl groups is 1. The molecule has 0 aromatic carbocycles. The van der Waals surface area contributed by atoms with Crippen LogP contribution in [-0.2, 0) is 9.53 Å². The van der Waals surface area contributed by atoms with Gasteiger partial charge in [-0.15, -0.1) is 0 Å². The number of amides is 1. The Labute approximate surface area is 96.3 Å². The highest BCUT2D eigenvalue weighted by Crippen LogP contribution is 2.40. The molecule has 1 unspecified atom stereocenters. The van der Waals surface area contributed by atoms with E-state index in [1.807, 2.05) is 0 Å². The van der Waals surface area contributed by atoms with Crippen LogP contribution in [0.25, 0.3) is 0 Å². The molecule has 1 aliphatic carbocycles. The highest BCUT2D eigenvalue weighted by Gasteiger charge is 2.43. The Morgan fingerprint density at radius 2 is 2.31 bits per heavy atom. The van der Waals surface area contributed by atoms with Gasteiger partial charge in [-0.3, -0.25) is 4.79 Å². The van der Waals surface area contributed by atoms with Crippen molar-refractivity contribution in [3.05, 3.63) is 0 Å². The largest absolute Gasteiger partial charge is 0.396 e. The summed E-state index contributed by atoms with van der Waals surface area (Å²) >= 11 is 0. The lowest BCUT2D eigenvalue weighted by Crippen LogP contribution is -2.53. The van der Waals surface area contributed by atoms with Crippen LogP contribution < -0.4 is 11.1 Å². The van der Waals surface area contributed by atoms with Gasteiger partial charge in [0.25, 0.3) is 0 Å². The van der Waals surface area contributed by atoms with E-state index in [0.29, 0.717) is 19.6 Å². The molecule has 0 aliphatic heterocycles. The molecule has 16 heavy (non-hydrogen) atoms. The molecule has 0 radical (unpaired) electrons. The normalized spacial score (nSPS) is 19.9. The standard InChI is InChI=1S/C11H22N2O3/c1-16-7-9(3-6-14)13-10(15)11(8-12)4-2-5-11/h9,14H,2-8,12H2,1H3,(H,13,15). The molecule has 1 fully saturated rings. The minimum atomic E-state index is -0.360. The van der Waals surface area contributed by atoms with Crippen molar-refractivity contribution >= 4 is 5.91 Å². The van der Waals surface area contributed by atoms with Crippen molar-refractivity contribution in [2.24, 2.45) is 11.1 Å². The van der Waals surface area contributed by atoms with Gasteiger partial charge < -0.3 is 20.9 Å². The third-order valence-corrected chi connectivity index (χ3v) is 3.36. The summed E-state index contributed by atoms with van der Waals surface area (Å²) in [6.07, 6.45) is 3.32. The first-order chi connectivity index (χ1) is 7.68. The van der Waals surface area contributed by atoms with Crippen LogP contribution in [0.1, 0.15) is 25.7 Å². The molecule has 5 heteroatoms. The van der Waals surface area contributed by atoms with Crippen molar-refractivity contribution in [1.29, 1.82) is 0 Å². The number of aliphatic hydroxyl groups excluding tert-OH is 1. The second-order valence-electron chi connectivity index (χ2n) is 4.48. The van der Waals surface area contributed by atoms with Crippen LogP contribution in [-0.4, -0.2) is 43.9 Å².